The van der Waals surface area contributed by atoms with E-state index >= 15 is 0 Å². The number of Topliss-reactive ketones (excluding diaryl/α,β-unsaturated/α-hetero) is 1. The van der Waals surface area contributed by atoms with Gasteiger partial charge in [-0.2, -0.15) is 8.42 Å². The number of ketones is 1. The lowest BCUT2D eigenvalue weighted by Gasteiger charge is -2.12. The molecule has 0 unspecified atom stereocenters. The predicted octanol–water partition coefficient (Wildman–Crippen LogP) is 0.760. The Morgan fingerprint density at radius 1 is 1.44 bits per heavy atom. The SMILES string of the molecule is CNc1c(N)ccc(C(C)=O)c1S(=O)(=O)O. The Morgan fingerprint density at radius 2 is 2.00 bits per heavy atom. The molecule has 0 radical (unpaired) electrons. The normalized spacial score (nSPS) is 11.2. The number of benzene rings is 1. The smallest absolute Gasteiger partial charge is 0.297 e. The van der Waals surface area contributed by atoms with Gasteiger partial charge in [0, 0.05) is 12.6 Å². The average molecular weight is 244 g/mol. The van der Waals surface area contributed by atoms with E-state index in [0.29, 0.717) is 0 Å². The van der Waals surface area contributed by atoms with Crippen LogP contribution in [-0.2, 0) is 10.1 Å². The van der Waals surface area contributed by atoms with Crippen molar-refractivity contribution in [2.75, 3.05) is 18.1 Å². The predicted molar refractivity (Wildman–Crippen MR) is 60.2 cm³/mol. The van der Waals surface area contributed by atoms with Gasteiger partial charge in [0.2, 0.25) is 0 Å². The summed E-state index contributed by atoms with van der Waals surface area (Å²) in [5.74, 6) is -0.468. The molecule has 0 aromatic heterocycles. The van der Waals surface area contributed by atoms with Gasteiger partial charge in [-0.3, -0.25) is 9.35 Å². The standard InChI is InChI=1S/C9H12N2O4S/c1-5(12)6-3-4-7(10)8(11-2)9(6)16(13,14)15/h3-4,11H,10H2,1-2H3,(H,13,14,15). The highest BCUT2D eigenvalue weighted by Gasteiger charge is 2.23. The zero-order chi connectivity index (χ0) is 12.5. The molecular weight excluding hydrogens is 232 g/mol. The second-order valence-corrected chi connectivity index (χ2v) is 4.55. The highest BCUT2D eigenvalue weighted by atomic mass is 32.2. The second-order valence-electron chi connectivity index (χ2n) is 3.19. The van der Waals surface area contributed by atoms with E-state index in [9.17, 15) is 13.2 Å². The lowest BCUT2D eigenvalue weighted by Crippen LogP contribution is -2.11. The Bertz CT molecular complexity index is 537. The molecule has 0 aliphatic heterocycles. The molecule has 0 saturated carbocycles. The molecule has 88 valence electrons. The molecule has 0 fully saturated rings. The summed E-state index contributed by atoms with van der Waals surface area (Å²) in [6.07, 6.45) is 0. The molecular formula is C9H12N2O4S. The molecule has 0 spiro atoms. The molecule has 0 aliphatic carbocycles. The highest BCUT2D eigenvalue weighted by Crippen LogP contribution is 2.30. The summed E-state index contributed by atoms with van der Waals surface area (Å²) in [6, 6.07) is 2.67. The van der Waals surface area contributed by atoms with Gasteiger partial charge in [0.05, 0.1) is 11.4 Å². The summed E-state index contributed by atoms with van der Waals surface area (Å²) in [6.45, 7) is 1.21. The van der Waals surface area contributed by atoms with Gasteiger partial charge in [0.15, 0.2) is 5.78 Å². The summed E-state index contributed by atoms with van der Waals surface area (Å²) in [5.41, 5.74) is 5.61. The van der Waals surface area contributed by atoms with Crippen LogP contribution in [-0.4, -0.2) is 25.8 Å². The van der Waals surface area contributed by atoms with Crippen molar-refractivity contribution in [2.24, 2.45) is 0 Å². The van der Waals surface area contributed by atoms with Crippen molar-refractivity contribution < 1.29 is 17.8 Å². The van der Waals surface area contributed by atoms with Crippen LogP contribution in [0.5, 0.6) is 0 Å². The number of anilines is 2. The second kappa shape index (κ2) is 4.11. The van der Waals surface area contributed by atoms with E-state index in [1.807, 2.05) is 0 Å². The maximum absolute atomic E-state index is 11.2. The van der Waals surface area contributed by atoms with E-state index in [-0.39, 0.29) is 16.9 Å². The van der Waals surface area contributed by atoms with Gasteiger partial charge in [-0.1, -0.05) is 0 Å². The summed E-state index contributed by atoms with van der Waals surface area (Å²) in [7, 11) is -3.06. The van der Waals surface area contributed by atoms with E-state index in [0.717, 1.165) is 0 Å². The lowest BCUT2D eigenvalue weighted by atomic mass is 10.1. The van der Waals surface area contributed by atoms with Crippen molar-refractivity contribution >= 4 is 27.3 Å². The third kappa shape index (κ3) is 2.15. The molecule has 0 atom stereocenters. The lowest BCUT2D eigenvalue weighted by molar-refractivity contribution is 0.101. The summed E-state index contributed by atoms with van der Waals surface area (Å²) < 4.78 is 31.5. The number of nitrogen functional groups attached to an aromatic ring is 1. The van der Waals surface area contributed by atoms with Crippen LogP contribution < -0.4 is 11.1 Å². The summed E-state index contributed by atoms with van der Waals surface area (Å²) in [5, 5.41) is 2.55. The van der Waals surface area contributed by atoms with Crippen LogP contribution in [0.1, 0.15) is 17.3 Å². The van der Waals surface area contributed by atoms with Gasteiger partial charge >= 0.3 is 0 Å². The maximum atomic E-state index is 11.2. The average Bonchev–Trinajstić information content (AvgIpc) is 2.15. The van der Waals surface area contributed by atoms with E-state index < -0.39 is 20.8 Å². The van der Waals surface area contributed by atoms with Crippen molar-refractivity contribution in [3.63, 3.8) is 0 Å². The van der Waals surface area contributed by atoms with Gasteiger partial charge in [-0.25, -0.2) is 0 Å². The topological polar surface area (TPSA) is 109 Å². The quantitative estimate of drug-likeness (QED) is 0.411. The highest BCUT2D eigenvalue weighted by molar-refractivity contribution is 7.86. The van der Waals surface area contributed by atoms with E-state index in [1.165, 1.54) is 26.1 Å². The Morgan fingerprint density at radius 3 is 2.38 bits per heavy atom. The number of hydrogen-bond donors (Lipinski definition) is 3. The molecule has 1 aromatic carbocycles. The van der Waals surface area contributed by atoms with Crippen LogP contribution in [0, 0.1) is 0 Å². The van der Waals surface area contributed by atoms with Crippen LogP contribution in [0.4, 0.5) is 11.4 Å². The van der Waals surface area contributed by atoms with Crippen LogP contribution in [0.3, 0.4) is 0 Å². The van der Waals surface area contributed by atoms with Crippen molar-refractivity contribution in [3.05, 3.63) is 17.7 Å². The first-order valence-electron chi connectivity index (χ1n) is 4.37. The molecule has 0 heterocycles. The van der Waals surface area contributed by atoms with Crippen molar-refractivity contribution in [1.29, 1.82) is 0 Å². The fraction of sp³-hybridized carbons (Fsp3) is 0.222. The minimum atomic E-state index is -4.51. The minimum Gasteiger partial charge on any atom is -0.397 e. The Labute approximate surface area is 93.2 Å². The summed E-state index contributed by atoms with van der Waals surface area (Å²) >= 11 is 0. The third-order valence-corrected chi connectivity index (χ3v) is 3.02. The van der Waals surface area contributed by atoms with E-state index in [1.54, 1.807) is 0 Å². The zero-order valence-electron chi connectivity index (χ0n) is 8.81. The number of rotatable bonds is 3. The Hall–Kier alpha value is -1.60. The molecule has 4 N–H and O–H groups in total. The number of nitrogens with one attached hydrogen (secondary N) is 1. The van der Waals surface area contributed by atoms with E-state index in [2.05, 4.69) is 5.32 Å². The van der Waals surface area contributed by atoms with Gasteiger partial charge in [0.1, 0.15) is 4.90 Å². The molecule has 0 saturated heterocycles. The van der Waals surface area contributed by atoms with Crippen molar-refractivity contribution in [2.45, 2.75) is 11.8 Å². The number of carbonyl (C=O) groups is 1. The van der Waals surface area contributed by atoms with Gasteiger partial charge in [-0.05, 0) is 19.1 Å². The van der Waals surface area contributed by atoms with Crippen molar-refractivity contribution in [1.82, 2.24) is 0 Å². The fourth-order valence-corrected chi connectivity index (χ4v) is 2.37. The Kier molecular flexibility index (Phi) is 3.20. The molecule has 7 heteroatoms. The summed E-state index contributed by atoms with van der Waals surface area (Å²) in [4.78, 5) is 10.8. The molecule has 1 aromatic rings. The van der Waals surface area contributed by atoms with Crippen LogP contribution in [0.15, 0.2) is 17.0 Å². The number of nitrogens with two attached hydrogens (primary N) is 1. The maximum Gasteiger partial charge on any atom is 0.297 e. The largest absolute Gasteiger partial charge is 0.397 e. The molecule has 0 aliphatic rings. The first-order chi connectivity index (χ1) is 7.29. The third-order valence-electron chi connectivity index (χ3n) is 2.08. The van der Waals surface area contributed by atoms with Gasteiger partial charge in [-0.15, -0.1) is 0 Å². The van der Waals surface area contributed by atoms with Crippen LogP contribution in [0.25, 0.3) is 0 Å². The van der Waals surface area contributed by atoms with Gasteiger partial charge in [0.25, 0.3) is 10.1 Å². The van der Waals surface area contributed by atoms with Crippen molar-refractivity contribution in [3.8, 4) is 0 Å². The number of hydrogen-bond acceptors (Lipinski definition) is 5. The fourth-order valence-electron chi connectivity index (χ4n) is 1.40. The number of carbonyl (C=O) groups excluding carboxylic acids is 1. The van der Waals surface area contributed by atoms with Gasteiger partial charge < -0.3 is 11.1 Å². The zero-order valence-corrected chi connectivity index (χ0v) is 9.63. The molecule has 16 heavy (non-hydrogen) atoms. The molecule has 1 rings (SSSR count). The first kappa shape index (κ1) is 12.5. The minimum absolute atomic E-state index is 0.0233. The van der Waals surface area contributed by atoms with Crippen LogP contribution >= 0.6 is 0 Å². The monoisotopic (exact) mass is 244 g/mol. The van der Waals surface area contributed by atoms with Crippen LogP contribution in [0.2, 0.25) is 0 Å². The molecule has 0 amide bonds. The molecule has 0 bridgehead atoms. The molecule has 6 nitrogen and oxygen atoms in total. The first-order valence-corrected chi connectivity index (χ1v) is 5.81. The Balaban J connectivity index is 3.75. The van der Waals surface area contributed by atoms with E-state index in [4.69, 9.17) is 10.3 Å².